The molecule has 0 saturated heterocycles. The van der Waals surface area contributed by atoms with E-state index in [1.165, 1.54) is 0 Å². The van der Waals surface area contributed by atoms with Gasteiger partial charge in [-0.3, -0.25) is 19.1 Å². The van der Waals surface area contributed by atoms with E-state index in [9.17, 15) is 14.7 Å². The van der Waals surface area contributed by atoms with Crippen molar-refractivity contribution < 1.29 is 14.7 Å². The van der Waals surface area contributed by atoms with Crippen LogP contribution in [0.1, 0.15) is 60.8 Å². The second kappa shape index (κ2) is 10.0. The van der Waals surface area contributed by atoms with Crippen LogP contribution in [0.15, 0.2) is 75.9 Å². The van der Waals surface area contributed by atoms with Crippen molar-refractivity contribution in [2.45, 2.75) is 45.1 Å². The Morgan fingerprint density at radius 3 is 2.68 bits per heavy atom. The number of rotatable bonds is 7. The molecule has 1 aromatic carbocycles. The maximum Gasteiger partial charge on any atom is 0.308 e. The molecule has 0 spiro atoms. The van der Waals surface area contributed by atoms with E-state index >= 15 is 0 Å². The lowest BCUT2D eigenvalue weighted by Crippen LogP contribution is -2.43. The maximum absolute atomic E-state index is 12.9. The number of allylic oxidation sites excluding steroid dienone is 4. The molecule has 3 N–H and O–H groups in total. The fourth-order valence-electron chi connectivity index (χ4n) is 5.78. The second-order valence-electron chi connectivity index (χ2n) is 10.4. The number of amides is 1. The molecule has 0 bridgehead atoms. The summed E-state index contributed by atoms with van der Waals surface area (Å²) in [6.07, 6.45) is 7.22. The van der Waals surface area contributed by atoms with Crippen LogP contribution < -0.4 is 5.73 Å². The molecule has 0 radical (unpaired) electrons. The van der Waals surface area contributed by atoms with Gasteiger partial charge in [-0.25, -0.2) is 4.99 Å². The summed E-state index contributed by atoms with van der Waals surface area (Å²) in [5, 5.41) is 21.2. The highest BCUT2D eigenvalue weighted by atomic mass is 35.5. The molecule has 0 fully saturated rings. The molecule has 2 aromatic heterocycles. The van der Waals surface area contributed by atoms with Crippen LogP contribution in [-0.2, 0) is 21.5 Å². The number of halogens is 1. The molecule has 2 aliphatic heterocycles. The average molecular weight is 587 g/mol. The van der Waals surface area contributed by atoms with Gasteiger partial charge in [-0.15, -0.1) is 21.5 Å². The van der Waals surface area contributed by atoms with E-state index in [2.05, 4.69) is 35.1 Å². The largest absolute Gasteiger partial charge is 0.481 e. The summed E-state index contributed by atoms with van der Waals surface area (Å²) < 4.78 is 1.95. The van der Waals surface area contributed by atoms with E-state index in [1.807, 2.05) is 41.8 Å². The second-order valence-corrected chi connectivity index (χ2v) is 11.9. The first-order valence-electron chi connectivity index (χ1n) is 13.3. The summed E-state index contributed by atoms with van der Waals surface area (Å²) in [7, 11) is 0. The topological polar surface area (TPSA) is 136 Å². The molecule has 41 heavy (non-hydrogen) atoms. The van der Waals surface area contributed by atoms with Gasteiger partial charge in [-0.2, -0.15) is 0 Å². The van der Waals surface area contributed by atoms with E-state index in [-0.39, 0.29) is 24.6 Å². The number of carboxylic acids is 1. The van der Waals surface area contributed by atoms with Crippen molar-refractivity contribution in [1.82, 2.24) is 14.8 Å². The van der Waals surface area contributed by atoms with E-state index in [4.69, 9.17) is 22.3 Å². The Kier molecular flexibility index (Phi) is 6.62. The number of fused-ring (bicyclic) bond motifs is 4. The summed E-state index contributed by atoms with van der Waals surface area (Å²) in [4.78, 5) is 35.5. The molecule has 2 atom stereocenters. The summed E-state index contributed by atoms with van der Waals surface area (Å²) in [6, 6.07) is 9.70. The molecule has 1 unspecified atom stereocenters. The molecular formula is C30H27ClN6O3S. The number of aliphatic carboxylic acids is 1. The van der Waals surface area contributed by atoms with Gasteiger partial charge in [0.25, 0.3) is 5.91 Å². The van der Waals surface area contributed by atoms with Crippen molar-refractivity contribution in [3.05, 3.63) is 98.6 Å². The average Bonchev–Trinajstić information content (AvgIpc) is 3.65. The third-order valence-corrected chi connectivity index (χ3v) is 9.48. The van der Waals surface area contributed by atoms with Gasteiger partial charge in [0.15, 0.2) is 11.6 Å². The molecule has 0 saturated carbocycles. The Labute approximate surface area is 245 Å². The number of aromatic nitrogens is 3. The summed E-state index contributed by atoms with van der Waals surface area (Å²) in [5.74, 6) is -1.41. The quantitative estimate of drug-likeness (QED) is 0.396. The molecule has 11 heteroatoms. The molecule has 9 nitrogen and oxygen atoms in total. The molecule has 4 heterocycles. The van der Waals surface area contributed by atoms with E-state index in [1.54, 1.807) is 29.6 Å². The monoisotopic (exact) mass is 586 g/mol. The number of aliphatic imine (C=N–C) groups is 2. The van der Waals surface area contributed by atoms with Crippen LogP contribution in [0, 0.1) is 5.92 Å². The van der Waals surface area contributed by atoms with Crippen molar-refractivity contribution in [1.29, 1.82) is 0 Å². The third kappa shape index (κ3) is 4.12. The van der Waals surface area contributed by atoms with Crippen molar-refractivity contribution in [3.63, 3.8) is 0 Å². The van der Waals surface area contributed by atoms with Crippen molar-refractivity contribution in [3.8, 4) is 5.00 Å². The zero-order chi connectivity index (χ0) is 29.1. The molecule has 1 amide bonds. The van der Waals surface area contributed by atoms with Gasteiger partial charge in [-0.05, 0) is 42.2 Å². The number of benzene rings is 1. The SMILES string of the molecule is CCC(C(=O)O)[C@]1(c2nnc3n2-c2sc(C(C)C)cc2C(c2ccccc2Cl)=NC3)C=CC=C2N=C(C(N)=O)C=C21. The third-order valence-electron chi connectivity index (χ3n) is 7.73. The fourth-order valence-corrected chi connectivity index (χ4v) is 7.19. The van der Waals surface area contributed by atoms with Crippen LogP contribution >= 0.6 is 22.9 Å². The molecule has 6 rings (SSSR count). The van der Waals surface area contributed by atoms with Crippen molar-refractivity contribution in [2.75, 3.05) is 0 Å². The van der Waals surface area contributed by atoms with Crippen molar-refractivity contribution >= 4 is 46.2 Å². The first kappa shape index (κ1) is 27.0. The Morgan fingerprint density at radius 1 is 1.22 bits per heavy atom. The van der Waals surface area contributed by atoms with Crippen LogP contribution in [0.2, 0.25) is 5.02 Å². The number of nitrogens with zero attached hydrogens (tertiary/aromatic N) is 5. The number of primary amides is 1. The van der Waals surface area contributed by atoms with Gasteiger partial charge in [0.2, 0.25) is 0 Å². The minimum atomic E-state index is -1.29. The lowest BCUT2D eigenvalue weighted by molar-refractivity contribution is -0.143. The van der Waals surface area contributed by atoms with Gasteiger partial charge in [0.05, 0.1) is 22.7 Å². The van der Waals surface area contributed by atoms with Crippen LogP contribution in [0.5, 0.6) is 0 Å². The number of nitrogens with two attached hydrogens (primary N) is 1. The minimum Gasteiger partial charge on any atom is -0.481 e. The van der Waals surface area contributed by atoms with E-state index in [0.29, 0.717) is 27.9 Å². The standard InChI is InChI=1S/C30H27ClN6O3S/c1-4-18(28(39)40)30(11-7-10-21-19(30)13-22(34-21)26(32)38)29-36-35-24-14-33-25(16-8-5-6-9-20(16)31)17-12-23(15(2)3)41-27(17)37(24)29/h5-13,15,18H,4,14H2,1-3H3,(H2,32,38)(H,39,40)/t18?,30-/m1/s1. The van der Waals surface area contributed by atoms with Gasteiger partial charge < -0.3 is 10.8 Å². The zero-order valence-electron chi connectivity index (χ0n) is 22.6. The number of carboxylic acid groups (broad SMARTS) is 1. The van der Waals surface area contributed by atoms with Crippen LogP contribution in [-0.4, -0.2) is 43.2 Å². The first-order chi connectivity index (χ1) is 19.7. The smallest absolute Gasteiger partial charge is 0.308 e. The Morgan fingerprint density at radius 2 is 2.00 bits per heavy atom. The normalized spacial score (nSPS) is 19.8. The van der Waals surface area contributed by atoms with Crippen molar-refractivity contribution in [2.24, 2.45) is 21.6 Å². The lowest BCUT2D eigenvalue weighted by Gasteiger charge is -2.38. The van der Waals surface area contributed by atoms with Gasteiger partial charge in [0, 0.05) is 21.0 Å². The number of carbonyl (C=O) groups excluding carboxylic acids is 1. The Balaban J connectivity index is 1.65. The van der Waals surface area contributed by atoms with Gasteiger partial charge in [-0.1, -0.05) is 62.7 Å². The Bertz CT molecular complexity index is 1780. The zero-order valence-corrected chi connectivity index (χ0v) is 24.2. The van der Waals surface area contributed by atoms with Gasteiger partial charge >= 0.3 is 5.97 Å². The molecule has 208 valence electrons. The number of hydrogen-bond donors (Lipinski definition) is 2. The van der Waals surface area contributed by atoms with Crippen LogP contribution in [0.4, 0.5) is 0 Å². The predicted molar refractivity (Wildman–Crippen MR) is 159 cm³/mol. The fraction of sp³-hybridized carbons (Fsp3) is 0.267. The Hall–Kier alpha value is -4.15. The maximum atomic E-state index is 12.9. The number of hydrogen-bond acceptors (Lipinski definition) is 7. The van der Waals surface area contributed by atoms with E-state index < -0.39 is 23.2 Å². The minimum absolute atomic E-state index is 0.0680. The predicted octanol–water partition coefficient (Wildman–Crippen LogP) is 5.13. The molecule has 3 aliphatic rings. The lowest BCUT2D eigenvalue weighted by atomic mass is 9.65. The summed E-state index contributed by atoms with van der Waals surface area (Å²) >= 11 is 8.25. The number of thiophene rings is 1. The number of carbonyl (C=O) groups is 2. The summed E-state index contributed by atoms with van der Waals surface area (Å²) in [6.45, 7) is 6.28. The molecule has 3 aromatic rings. The van der Waals surface area contributed by atoms with Crippen LogP contribution in [0.25, 0.3) is 5.00 Å². The summed E-state index contributed by atoms with van der Waals surface area (Å²) in [5.41, 5.74) is 7.83. The highest BCUT2D eigenvalue weighted by molar-refractivity contribution is 7.15. The molecular weight excluding hydrogens is 560 g/mol. The highest BCUT2D eigenvalue weighted by Crippen LogP contribution is 2.50. The first-order valence-corrected chi connectivity index (χ1v) is 14.5. The molecule has 1 aliphatic carbocycles. The van der Waals surface area contributed by atoms with Gasteiger partial charge in [0.1, 0.15) is 17.3 Å². The highest BCUT2D eigenvalue weighted by Gasteiger charge is 2.52. The van der Waals surface area contributed by atoms with Crippen LogP contribution in [0.3, 0.4) is 0 Å². The van der Waals surface area contributed by atoms with E-state index in [0.717, 1.165) is 26.7 Å².